The van der Waals surface area contributed by atoms with Gasteiger partial charge in [0.25, 0.3) is 0 Å². The average molecular weight is 367 g/mol. The Morgan fingerprint density at radius 1 is 1.33 bits per heavy atom. The molecule has 132 valence electrons. The van der Waals surface area contributed by atoms with E-state index in [-0.39, 0.29) is 5.97 Å². The highest BCUT2D eigenvalue weighted by Crippen LogP contribution is 2.40. The number of esters is 1. The van der Waals surface area contributed by atoms with E-state index in [0.29, 0.717) is 17.5 Å². The molecule has 2 heterocycles. The zero-order valence-corrected chi connectivity index (χ0v) is 16.3. The van der Waals surface area contributed by atoms with Gasteiger partial charge in [-0.15, -0.1) is 11.3 Å². The zero-order chi connectivity index (χ0) is 17.3. The zero-order valence-electron chi connectivity index (χ0n) is 14.7. The van der Waals surface area contributed by atoms with Gasteiger partial charge in [-0.2, -0.15) is 0 Å². The van der Waals surface area contributed by atoms with E-state index in [9.17, 15) is 4.79 Å². The van der Waals surface area contributed by atoms with Crippen LogP contribution in [0.15, 0.2) is 0 Å². The van der Waals surface area contributed by atoms with Gasteiger partial charge in [-0.25, -0.2) is 4.79 Å². The number of likely N-dealkylation sites (tertiary alicyclic amines) is 1. The van der Waals surface area contributed by atoms with Crippen LogP contribution < -0.4 is 5.32 Å². The van der Waals surface area contributed by atoms with Crippen molar-refractivity contribution in [2.24, 2.45) is 5.92 Å². The highest BCUT2D eigenvalue weighted by atomic mass is 32.1. The monoisotopic (exact) mass is 366 g/mol. The number of rotatable bonds is 2. The van der Waals surface area contributed by atoms with E-state index in [4.69, 9.17) is 17.0 Å². The number of carbonyl (C=O) groups excluding carboxylic acids is 1. The van der Waals surface area contributed by atoms with E-state index < -0.39 is 0 Å². The number of nitrogens with zero attached hydrogens (tertiary/aromatic N) is 1. The molecule has 0 spiro atoms. The van der Waals surface area contributed by atoms with Crippen LogP contribution in [0.2, 0.25) is 0 Å². The molecule has 4 nitrogen and oxygen atoms in total. The second kappa shape index (κ2) is 7.40. The van der Waals surface area contributed by atoms with Gasteiger partial charge in [0.15, 0.2) is 5.11 Å². The molecule has 0 radical (unpaired) electrons. The summed E-state index contributed by atoms with van der Waals surface area (Å²) in [6, 6.07) is 0.454. The summed E-state index contributed by atoms with van der Waals surface area (Å²) in [6.45, 7) is 5.48. The maximum absolute atomic E-state index is 12.4. The number of piperidine rings is 1. The molecule has 6 heteroatoms. The third kappa shape index (κ3) is 3.45. The normalized spacial score (nSPS) is 23.5. The molecule has 0 aromatic carbocycles. The fourth-order valence-corrected chi connectivity index (χ4v) is 5.56. The van der Waals surface area contributed by atoms with Gasteiger partial charge in [0, 0.05) is 17.5 Å². The number of fused-ring (bicyclic) bond motifs is 1. The molecule has 2 aliphatic rings. The summed E-state index contributed by atoms with van der Waals surface area (Å²) < 4.78 is 5.05. The van der Waals surface area contributed by atoms with Gasteiger partial charge in [0.1, 0.15) is 5.00 Å². The average Bonchev–Trinajstić information content (AvgIpc) is 2.91. The smallest absolute Gasteiger partial charge is 0.341 e. The van der Waals surface area contributed by atoms with Crippen molar-refractivity contribution in [1.29, 1.82) is 0 Å². The molecule has 2 unspecified atom stereocenters. The molecular weight excluding hydrogens is 340 g/mol. The predicted molar refractivity (Wildman–Crippen MR) is 103 cm³/mol. The molecule has 0 saturated carbocycles. The maximum Gasteiger partial charge on any atom is 0.341 e. The lowest BCUT2D eigenvalue weighted by molar-refractivity contribution is 0.0601. The molecule has 1 N–H and O–H groups in total. The predicted octanol–water partition coefficient (Wildman–Crippen LogP) is 4.23. The number of nitrogens with one attached hydrogen (secondary N) is 1. The van der Waals surface area contributed by atoms with Crippen LogP contribution in [0.25, 0.3) is 0 Å². The summed E-state index contributed by atoms with van der Waals surface area (Å²) >= 11 is 7.33. The minimum absolute atomic E-state index is 0.251. The largest absolute Gasteiger partial charge is 0.465 e. The Labute approximate surface area is 153 Å². The third-order valence-electron chi connectivity index (χ3n) is 5.19. The van der Waals surface area contributed by atoms with Crippen molar-refractivity contribution in [2.45, 2.75) is 58.4 Å². The van der Waals surface area contributed by atoms with Crippen LogP contribution in [-0.2, 0) is 17.6 Å². The Hall–Kier alpha value is -1.14. The molecule has 24 heavy (non-hydrogen) atoms. The van der Waals surface area contributed by atoms with Crippen molar-refractivity contribution in [1.82, 2.24) is 4.90 Å². The maximum atomic E-state index is 12.4. The number of methoxy groups -OCH3 is 1. The van der Waals surface area contributed by atoms with Crippen molar-refractivity contribution in [3.8, 4) is 0 Å². The van der Waals surface area contributed by atoms with Crippen molar-refractivity contribution in [3.05, 3.63) is 16.0 Å². The summed E-state index contributed by atoms with van der Waals surface area (Å²) in [5, 5.41) is 4.97. The van der Waals surface area contributed by atoms with Crippen molar-refractivity contribution >= 4 is 39.6 Å². The van der Waals surface area contributed by atoms with Crippen LogP contribution in [0.3, 0.4) is 0 Å². The topological polar surface area (TPSA) is 41.6 Å². The number of thiophene rings is 1. The Morgan fingerprint density at radius 2 is 2.12 bits per heavy atom. The van der Waals surface area contributed by atoms with E-state index in [1.807, 2.05) is 0 Å². The van der Waals surface area contributed by atoms with Crippen LogP contribution in [0, 0.1) is 5.92 Å². The van der Waals surface area contributed by atoms with E-state index >= 15 is 0 Å². The first-order valence-corrected chi connectivity index (χ1v) is 10.0. The quantitative estimate of drug-likeness (QED) is 0.627. The molecule has 1 fully saturated rings. The van der Waals surface area contributed by atoms with Gasteiger partial charge >= 0.3 is 5.97 Å². The summed E-state index contributed by atoms with van der Waals surface area (Å²) in [7, 11) is 1.45. The molecule has 0 amide bonds. The standard InChI is InChI=1S/C18H26N2O2S2/c1-11-7-8-13-14(10-11)24-16(15(13)17(21)22-3)19-18(23)20-9-5-4-6-12(20)2/h11-12H,4-10H2,1-3H3,(H,19,23). The van der Waals surface area contributed by atoms with Crippen molar-refractivity contribution in [3.63, 3.8) is 0 Å². The van der Waals surface area contributed by atoms with Gasteiger partial charge in [-0.1, -0.05) is 6.92 Å². The fraction of sp³-hybridized carbons (Fsp3) is 0.667. The summed E-state index contributed by atoms with van der Waals surface area (Å²) in [5.41, 5.74) is 1.87. The van der Waals surface area contributed by atoms with Crippen LogP contribution in [0.4, 0.5) is 5.00 Å². The van der Waals surface area contributed by atoms with E-state index in [2.05, 4.69) is 24.1 Å². The first kappa shape index (κ1) is 17.7. The molecule has 0 bridgehead atoms. The Bertz CT molecular complexity index is 641. The molecule has 1 aliphatic carbocycles. The van der Waals surface area contributed by atoms with Crippen LogP contribution in [-0.4, -0.2) is 35.7 Å². The summed E-state index contributed by atoms with van der Waals surface area (Å²) in [6.07, 6.45) is 6.73. The lowest BCUT2D eigenvalue weighted by atomic mass is 9.88. The number of hydrogen-bond donors (Lipinski definition) is 1. The van der Waals surface area contributed by atoms with E-state index in [1.165, 1.54) is 36.8 Å². The third-order valence-corrected chi connectivity index (χ3v) is 6.69. The first-order valence-electron chi connectivity index (χ1n) is 8.81. The number of hydrogen-bond acceptors (Lipinski definition) is 4. The SMILES string of the molecule is COC(=O)c1c(NC(=S)N2CCCCC2C)sc2c1CCC(C)C2. The fourth-order valence-electron chi connectivity index (χ4n) is 3.73. The molecule has 3 rings (SSSR count). The number of ether oxygens (including phenoxy) is 1. The minimum Gasteiger partial charge on any atom is -0.465 e. The Balaban J connectivity index is 1.87. The van der Waals surface area contributed by atoms with Crippen molar-refractivity contribution < 1.29 is 9.53 Å². The number of thiocarbonyl (C=S) groups is 1. The van der Waals surface area contributed by atoms with E-state index in [1.54, 1.807) is 11.3 Å². The van der Waals surface area contributed by atoms with Crippen LogP contribution in [0.5, 0.6) is 0 Å². The number of anilines is 1. The lowest BCUT2D eigenvalue weighted by Gasteiger charge is -2.35. The molecule has 1 aromatic heterocycles. The van der Waals surface area contributed by atoms with Crippen LogP contribution in [0.1, 0.15) is 60.3 Å². The first-order chi connectivity index (χ1) is 11.5. The van der Waals surface area contributed by atoms with Gasteiger partial charge in [0.2, 0.25) is 0 Å². The minimum atomic E-state index is -0.251. The molecule has 1 saturated heterocycles. The van der Waals surface area contributed by atoms with E-state index in [0.717, 1.165) is 35.9 Å². The second-order valence-corrected chi connectivity index (χ2v) is 8.51. The van der Waals surface area contributed by atoms with Crippen LogP contribution >= 0.6 is 23.6 Å². The molecular formula is C18H26N2O2S2. The molecule has 2 atom stereocenters. The van der Waals surface area contributed by atoms with Gasteiger partial charge < -0.3 is 15.0 Å². The molecule has 1 aromatic rings. The van der Waals surface area contributed by atoms with Gasteiger partial charge in [-0.05, 0) is 69.1 Å². The molecule has 1 aliphatic heterocycles. The number of carbonyl (C=O) groups is 1. The van der Waals surface area contributed by atoms with Crippen molar-refractivity contribution in [2.75, 3.05) is 19.0 Å². The lowest BCUT2D eigenvalue weighted by Crippen LogP contribution is -2.44. The second-order valence-electron chi connectivity index (χ2n) is 7.02. The Kier molecular flexibility index (Phi) is 5.45. The highest BCUT2D eigenvalue weighted by Gasteiger charge is 2.29. The van der Waals surface area contributed by atoms with Gasteiger partial charge in [0.05, 0.1) is 12.7 Å². The van der Waals surface area contributed by atoms with Gasteiger partial charge in [-0.3, -0.25) is 0 Å². The summed E-state index contributed by atoms with van der Waals surface area (Å²) in [4.78, 5) is 15.9. The highest BCUT2D eigenvalue weighted by molar-refractivity contribution is 7.80. The Morgan fingerprint density at radius 3 is 2.83 bits per heavy atom. The summed E-state index contributed by atoms with van der Waals surface area (Å²) in [5.74, 6) is 0.419.